The number of nitrogens with zero attached hydrogens (tertiary/aromatic N) is 2. The summed E-state index contributed by atoms with van der Waals surface area (Å²) in [7, 11) is -0.997. The van der Waals surface area contributed by atoms with Gasteiger partial charge in [0.2, 0.25) is 23.6 Å². The molecule has 7 aromatic carbocycles. The summed E-state index contributed by atoms with van der Waals surface area (Å²) in [5.74, 6) is -2.98. The van der Waals surface area contributed by atoms with E-state index in [1.54, 1.807) is 0 Å². The van der Waals surface area contributed by atoms with E-state index in [4.69, 9.17) is 0 Å². The fourth-order valence-corrected chi connectivity index (χ4v) is 18.0. The van der Waals surface area contributed by atoms with Gasteiger partial charge in [-0.3, -0.25) is 19.2 Å². The van der Waals surface area contributed by atoms with Crippen LogP contribution in [0, 0.1) is 47.3 Å². The lowest BCUT2D eigenvalue weighted by Crippen LogP contribution is -2.33. The van der Waals surface area contributed by atoms with Gasteiger partial charge < -0.3 is 0 Å². The second-order valence-electron chi connectivity index (χ2n) is 23.3. The molecule has 0 bridgehead atoms. The van der Waals surface area contributed by atoms with Crippen LogP contribution >= 0.6 is 16.5 Å². The number of unbranched alkanes of at least 4 members (excludes halogenated alkanes) is 10. The minimum absolute atomic E-state index is 0.0709. The molecule has 11 rings (SSSR count). The zero-order valence-electron chi connectivity index (χ0n) is 48.4. The molecule has 0 N–H and O–H groups in total. The Kier molecular flexibility index (Phi) is 18.9. The van der Waals surface area contributed by atoms with Gasteiger partial charge in [0.05, 0.1) is 35.0 Å². The maximum Gasteiger partial charge on any atom is 0.238 e. The third-order valence-corrected chi connectivity index (χ3v) is 22.1. The van der Waals surface area contributed by atoms with Gasteiger partial charge >= 0.3 is 0 Å². The Bertz CT molecular complexity index is 3610. The first kappa shape index (κ1) is 58.4. The summed E-state index contributed by atoms with van der Waals surface area (Å²) >= 11 is 0. The number of rotatable bonds is 26. The number of fused-ring (bicyclic) bond motifs is 4. The second kappa shape index (κ2) is 27.1. The number of imide groups is 2. The summed E-state index contributed by atoms with van der Waals surface area (Å²) in [6.45, 7) is 16.1. The van der Waals surface area contributed by atoms with Gasteiger partial charge in [-0.25, -0.2) is 9.80 Å². The van der Waals surface area contributed by atoms with E-state index in [0.717, 1.165) is 126 Å². The van der Waals surface area contributed by atoms with Crippen molar-refractivity contribution in [1.29, 1.82) is 0 Å². The van der Waals surface area contributed by atoms with Crippen molar-refractivity contribution in [2.45, 2.75) is 89.9 Å². The third-order valence-electron chi connectivity index (χ3n) is 18.3. The highest BCUT2D eigenvalue weighted by atomic mass is 31.1. The molecule has 0 spiro atoms. The molecule has 84 heavy (non-hydrogen) atoms. The Hall–Kier alpha value is -7.36. The van der Waals surface area contributed by atoms with Crippen molar-refractivity contribution in [2.24, 2.45) is 47.3 Å². The summed E-state index contributed by atoms with van der Waals surface area (Å²) in [6.07, 6.45) is 31.2. The highest BCUT2D eigenvalue weighted by Gasteiger charge is 2.59. The van der Waals surface area contributed by atoms with Crippen LogP contribution < -0.4 is 36.3 Å². The average Bonchev–Trinajstić information content (AvgIpc) is 1.45. The predicted octanol–water partition coefficient (Wildman–Crippen LogP) is 16.1. The van der Waals surface area contributed by atoms with Crippen molar-refractivity contribution >= 4 is 99.6 Å². The molecule has 1 unspecified atom stereocenters. The molecule has 6 nitrogen and oxygen atoms in total. The highest BCUT2D eigenvalue weighted by Crippen LogP contribution is 2.54. The number of allylic oxidation sites excluding steroid dienone is 8. The van der Waals surface area contributed by atoms with Crippen LogP contribution in [-0.4, -0.2) is 23.6 Å². The van der Waals surface area contributed by atoms with Crippen molar-refractivity contribution in [3.05, 3.63) is 227 Å². The topological polar surface area (TPSA) is 74.8 Å². The Balaban J connectivity index is 1.07. The van der Waals surface area contributed by atoms with Gasteiger partial charge in [0.1, 0.15) is 0 Å². The van der Waals surface area contributed by atoms with E-state index in [-0.39, 0.29) is 55.9 Å². The molecule has 4 aliphatic rings. The Morgan fingerprint density at radius 1 is 0.417 bits per heavy atom. The predicted molar refractivity (Wildman–Crippen MR) is 356 cm³/mol. The zero-order chi connectivity index (χ0) is 58.1. The quantitative estimate of drug-likeness (QED) is 0.0234. The van der Waals surface area contributed by atoms with Crippen LogP contribution in [0.4, 0.5) is 11.4 Å². The number of anilines is 2. The summed E-state index contributed by atoms with van der Waals surface area (Å²) in [5, 5.41) is 9.14. The standard InChI is InChI=1S/C76H78N2O4P2/c1-5-9-11-13-15-17-19-24-34-54-50-52(7-3)67-69(54)75(81)77(73(67)79)63-44-32-42-61-59(63)46-48-65(83-56-36-26-21-27-37-56)71(61)72-62-43-33-45-64(60(62)47-49-66(72)84(57-38-28-22-29-39-57)58-40-30-23-31-41-58)78-74(80)68-53(8-4)51-55(70(68)76(78)82)35-25-20-18-16-14-12-10-6-2/h5-8,21-49,52-55,67-70,83H,1-4,9-20,50-51H2/b34-24+,35-25+/t52-,53+,54+,55-,67-,68+,69+,70-/m0/s1. The SMILES string of the molecule is C=CCCCCCC/C=C/[C@@H]1C[C@H](C=C)[C@@H]2C(=O)N(c3cccc4c(-c5c(P(c6ccccc6)c6ccccc6)ccc6c(N7C(=O)[C@@H]8[C@H](C7=O)[C@H](C=C)C[C@@H]8/C=C/CCCCCCC=C)cccc56)c(Pc5ccccc5)ccc34)C(=O)[C@@H]21. The van der Waals surface area contributed by atoms with E-state index in [1.807, 2.05) is 54.6 Å². The van der Waals surface area contributed by atoms with Crippen LogP contribution in [0.2, 0.25) is 0 Å². The van der Waals surface area contributed by atoms with Crippen LogP contribution in [0.3, 0.4) is 0 Å². The molecule has 2 aliphatic heterocycles. The van der Waals surface area contributed by atoms with E-state index in [9.17, 15) is 0 Å². The number of benzene rings is 7. The first-order valence-electron chi connectivity index (χ1n) is 30.7. The first-order valence-corrected chi connectivity index (χ1v) is 33.0. The van der Waals surface area contributed by atoms with Crippen molar-refractivity contribution < 1.29 is 19.2 Å². The number of hydrogen-bond acceptors (Lipinski definition) is 4. The van der Waals surface area contributed by atoms with Gasteiger partial charge in [-0.1, -0.05) is 222 Å². The molecule has 2 aliphatic carbocycles. The molecule has 4 fully saturated rings. The fourth-order valence-electron chi connectivity index (χ4n) is 14.3. The highest BCUT2D eigenvalue weighted by molar-refractivity contribution is 7.80. The Morgan fingerprint density at radius 2 is 0.833 bits per heavy atom. The van der Waals surface area contributed by atoms with E-state index in [0.29, 0.717) is 11.4 Å². The van der Waals surface area contributed by atoms with E-state index < -0.39 is 31.6 Å². The molecule has 2 saturated carbocycles. The van der Waals surface area contributed by atoms with Crippen LogP contribution in [0.1, 0.15) is 89.9 Å². The number of carbonyl (C=O) groups excluding carboxylic acids is 4. The van der Waals surface area contributed by atoms with Gasteiger partial charge in [0.25, 0.3) is 0 Å². The van der Waals surface area contributed by atoms with Crippen molar-refractivity contribution in [3.8, 4) is 11.1 Å². The summed E-state index contributed by atoms with van der Waals surface area (Å²) in [6, 6.07) is 52.8. The van der Waals surface area contributed by atoms with Gasteiger partial charge in [0, 0.05) is 10.8 Å². The summed E-state index contributed by atoms with van der Waals surface area (Å²) in [4.78, 5) is 64.0. The minimum Gasteiger partial charge on any atom is -0.274 e. The molecule has 7 aromatic rings. The summed E-state index contributed by atoms with van der Waals surface area (Å²) < 4.78 is 0. The maximum absolute atomic E-state index is 15.3. The van der Waals surface area contributed by atoms with Gasteiger partial charge in [-0.05, 0) is 156 Å². The van der Waals surface area contributed by atoms with Crippen LogP contribution in [0.15, 0.2) is 227 Å². The van der Waals surface area contributed by atoms with Crippen LogP contribution in [0.5, 0.6) is 0 Å². The van der Waals surface area contributed by atoms with E-state index >= 15 is 19.2 Å². The molecule has 2 saturated heterocycles. The van der Waals surface area contributed by atoms with Gasteiger partial charge in [0.15, 0.2) is 0 Å². The monoisotopic (exact) mass is 1140 g/mol. The molecular formula is C76H78N2O4P2. The molecule has 426 valence electrons. The molecule has 2 heterocycles. The third kappa shape index (κ3) is 11.6. The lowest BCUT2D eigenvalue weighted by atomic mass is 9.89. The zero-order valence-corrected chi connectivity index (χ0v) is 50.3. The van der Waals surface area contributed by atoms with Crippen molar-refractivity contribution in [2.75, 3.05) is 9.80 Å². The molecule has 4 amide bonds. The van der Waals surface area contributed by atoms with Crippen LogP contribution in [0.25, 0.3) is 32.7 Å². The molecule has 8 heteroatoms. The average molecular weight is 1150 g/mol. The fraction of sp³-hybridized carbons (Fsp3) is 0.289. The van der Waals surface area contributed by atoms with E-state index in [2.05, 4.69) is 172 Å². The number of amides is 4. The largest absolute Gasteiger partial charge is 0.274 e. The smallest absolute Gasteiger partial charge is 0.238 e. The molecule has 9 atom stereocenters. The summed E-state index contributed by atoms with van der Waals surface area (Å²) in [5.41, 5.74) is 3.15. The van der Waals surface area contributed by atoms with Gasteiger partial charge in [-0.15, -0.1) is 26.3 Å². The Labute approximate surface area is 500 Å². The second-order valence-corrected chi connectivity index (χ2v) is 26.9. The number of hydrogen-bond donors (Lipinski definition) is 0. The van der Waals surface area contributed by atoms with Gasteiger partial charge in [-0.2, -0.15) is 0 Å². The molecular weight excluding hydrogens is 1070 g/mol. The maximum atomic E-state index is 15.3. The first-order chi connectivity index (χ1) is 41.3. The molecule has 0 aromatic heterocycles. The van der Waals surface area contributed by atoms with E-state index in [1.165, 1.54) is 33.3 Å². The van der Waals surface area contributed by atoms with Crippen LogP contribution in [-0.2, 0) is 19.2 Å². The van der Waals surface area contributed by atoms with Crippen molar-refractivity contribution in [1.82, 2.24) is 0 Å². The Morgan fingerprint density at radius 3 is 1.29 bits per heavy atom. The number of carbonyl (C=O) groups is 4. The lowest BCUT2D eigenvalue weighted by molar-refractivity contribution is -0.124. The lowest BCUT2D eigenvalue weighted by Gasteiger charge is -2.28. The van der Waals surface area contributed by atoms with Crippen molar-refractivity contribution in [3.63, 3.8) is 0 Å². The minimum atomic E-state index is -1.23. The molecule has 0 radical (unpaired) electrons. The normalized spacial score (nSPS) is 22.2.